The Morgan fingerprint density at radius 3 is 2.60 bits per heavy atom. The lowest BCUT2D eigenvalue weighted by Crippen LogP contribution is -2.62. The molecular formula is C12H24N2O. The second kappa shape index (κ2) is 4.81. The van der Waals surface area contributed by atoms with Gasteiger partial charge in [-0.25, -0.2) is 0 Å². The summed E-state index contributed by atoms with van der Waals surface area (Å²) in [6, 6.07) is 0. The van der Waals surface area contributed by atoms with Crippen LogP contribution < -0.4 is 0 Å². The first-order chi connectivity index (χ1) is 7.28. The summed E-state index contributed by atoms with van der Waals surface area (Å²) in [5, 5.41) is 0. The third-order valence-corrected chi connectivity index (χ3v) is 3.92. The summed E-state index contributed by atoms with van der Waals surface area (Å²) < 4.78 is 5.15. The molecule has 15 heavy (non-hydrogen) atoms. The molecule has 0 atom stereocenters. The number of rotatable bonds is 4. The van der Waals surface area contributed by atoms with Crippen molar-refractivity contribution in [2.45, 2.75) is 19.8 Å². The number of likely N-dealkylation sites (tertiary alicyclic amines) is 2. The lowest BCUT2D eigenvalue weighted by atomic mass is 9.73. The normalized spacial score (nSPS) is 26.8. The van der Waals surface area contributed by atoms with E-state index in [1.165, 1.54) is 45.6 Å². The largest absolute Gasteiger partial charge is 0.383 e. The van der Waals surface area contributed by atoms with Crippen LogP contribution in [0.4, 0.5) is 0 Å². The van der Waals surface area contributed by atoms with Crippen molar-refractivity contribution in [2.24, 2.45) is 5.41 Å². The zero-order valence-electron chi connectivity index (χ0n) is 10.2. The maximum absolute atomic E-state index is 5.15. The summed E-state index contributed by atoms with van der Waals surface area (Å²) >= 11 is 0. The first-order valence-electron chi connectivity index (χ1n) is 6.22. The van der Waals surface area contributed by atoms with Gasteiger partial charge >= 0.3 is 0 Å². The molecule has 2 aliphatic heterocycles. The van der Waals surface area contributed by atoms with Gasteiger partial charge in [-0.1, -0.05) is 6.92 Å². The van der Waals surface area contributed by atoms with E-state index in [-0.39, 0.29) is 0 Å². The van der Waals surface area contributed by atoms with E-state index < -0.39 is 0 Å². The van der Waals surface area contributed by atoms with E-state index in [2.05, 4.69) is 16.7 Å². The zero-order chi connectivity index (χ0) is 10.7. The molecule has 0 aromatic heterocycles. The Balaban J connectivity index is 1.78. The maximum atomic E-state index is 5.15. The molecule has 1 spiro atoms. The van der Waals surface area contributed by atoms with Crippen molar-refractivity contribution in [3.05, 3.63) is 0 Å². The van der Waals surface area contributed by atoms with Crippen LogP contribution in [0.3, 0.4) is 0 Å². The van der Waals surface area contributed by atoms with E-state index in [0.717, 1.165) is 13.2 Å². The highest BCUT2D eigenvalue weighted by atomic mass is 16.5. The second-order valence-corrected chi connectivity index (χ2v) is 5.18. The fourth-order valence-electron chi connectivity index (χ4n) is 3.11. The highest BCUT2D eigenvalue weighted by Gasteiger charge is 2.44. The van der Waals surface area contributed by atoms with E-state index in [0.29, 0.717) is 5.41 Å². The molecule has 0 aromatic carbocycles. The van der Waals surface area contributed by atoms with Crippen LogP contribution in [0.15, 0.2) is 0 Å². The lowest BCUT2D eigenvalue weighted by Gasteiger charge is -2.54. The highest BCUT2D eigenvalue weighted by Crippen LogP contribution is 2.38. The molecule has 88 valence electrons. The Bertz CT molecular complexity index is 202. The molecule has 0 unspecified atom stereocenters. The molecule has 2 heterocycles. The predicted molar refractivity (Wildman–Crippen MR) is 62.1 cm³/mol. The number of piperidine rings is 1. The molecule has 3 nitrogen and oxygen atoms in total. The molecule has 0 amide bonds. The fraction of sp³-hybridized carbons (Fsp3) is 1.00. The van der Waals surface area contributed by atoms with Gasteiger partial charge in [0, 0.05) is 38.7 Å². The smallest absolute Gasteiger partial charge is 0.0589 e. The van der Waals surface area contributed by atoms with E-state index >= 15 is 0 Å². The minimum Gasteiger partial charge on any atom is -0.383 e. The Kier molecular flexibility index (Phi) is 3.65. The van der Waals surface area contributed by atoms with Gasteiger partial charge in [-0.3, -0.25) is 0 Å². The van der Waals surface area contributed by atoms with E-state index in [1.54, 1.807) is 7.11 Å². The Morgan fingerprint density at radius 2 is 1.93 bits per heavy atom. The Labute approximate surface area is 93.4 Å². The third kappa shape index (κ3) is 2.52. The maximum Gasteiger partial charge on any atom is 0.0589 e. The second-order valence-electron chi connectivity index (χ2n) is 5.18. The van der Waals surface area contributed by atoms with Crippen molar-refractivity contribution in [3.8, 4) is 0 Å². The molecule has 2 fully saturated rings. The van der Waals surface area contributed by atoms with Crippen molar-refractivity contribution in [1.29, 1.82) is 0 Å². The van der Waals surface area contributed by atoms with Crippen LogP contribution in [0.2, 0.25) is 0 Å². The molecule has 2 rings (SSSR count). The van der Waals surface area contributed by atoms with Gasteiger partial charge in [-0.2, -0.15) is 0 Å². The quantitative estimate of drug-likeness (QED) is 0.693. The zero-order valence-corrected chi connectivity index (χ0v) is 10.2. The molecule has 0 saturated carbocycles. The number of methoxy groups -OCH3 is 1. The van der Waals surface area contributed by atoms with Gasteiger partial charge in [0.25, 0.3) is 0 Å². The van der Waals surface area contributed by atoms with Crippen molar-refractivity contribution >= 4 is 0 Å². The summed E-state index contributed by atoms with van der Waals surface area (Å²) in [4.78, 5) is 5.14. The van der Waals surface area contributed by atoms with Crippen molar-refractivity contribution in [2.75, 3.05) is 53.0 Å². The number of ether oxygens (including phenoxy) is 1. The van der Waals surface area contributed by atoms with Gasteiger partial charge in [0.15, 0.2) is 0 Å². The molecule has 0 aliphatic carbocycles. The monoisotopic (exact) mass is 212 g/mol. The number of nitrogens with zero attached hydrogens (tertiary/aromatic N) is 2. The Hall–Kier alpha value is -0.120. The first-order valence-corrected chi connectivity index (χ1v) is 6.22. The molecule has 3 heteroatoms. The Morgan fingerprint density at radius 1 is 1.20 bits per heavy atom. The number of hydrogen-bond donors (Lipinski definition) is 0. The molecule has 0 bridgehead atoms. The van der Waals surface area contributed by atoms with Gasteiger partial charge in [0.2, 0.25) is 0 Å². The molecule has 2 saturated heterocycles. The van der Waals surface area contributed by atoms with Crippen LogP contribution in [-0.4, -0.2) is 62.8 Å². The molecule has 0 radical (unpaired) electrons. The third-order valence-electron chi connectivity index (χ3n) is 3.92. The summed E-state index contributed by atoms with van der Waals surface area (Å²) in [5.74, 6) is 0. The average molecular weight is 212 g/mol. The van der Waals surface area contributed by atoms with Crippen LogP contribution in [0.25, 0.3) is 0 Å². The number of hydrogen-bond acceptors (Lipinski definition) is 3. The summed E-state index contributed by atoms with van der Waals surface area (Å²) in [7, 11) is 1.79. The van der Waals surface area contributed by atoms with Gasteiger partial charge < -0.3 is 14.5 Å². The summed E-state index contributed by atoms with van der Waals surface area (Å²) in [6.07, 6.45) is 2.81. The molecule has 2 aliphatic rings. The van der Waals surface area contributed by atoms with Crippen LogP contribution in [0.1, 0.15) is 19.8 Å². The molecule has 0 N–H and O–H groups in total. The first kappa shape index (κ1) is 11.4. The van der Waals surface area contributed by atoms with Gasteiger partial charge in [-0.15, -0.1) is 0 Å². The van der Waals surface area contributed by atoms with Crippen LogP contribution in [-0.2, 0) is 4.74 Å². The van der Waals surface area contributed by atoms with Crippen molar-refractivity contribution in [1.82, 2.24) is 9.80 Å². The average Bonchev–Trinajstić information content (AvgIpc) is 2.23. The summed E-state index contributed by atoms with van der Waals surface area (Å²) in [5.41, 5.74) is 0.641. The van der Waals surface area contributed by atoms with Crippen LogP contribution >= 0.6 is 0 Å². The van der Waals surface area contributed by atoms with Crippen molar-refractivity contribution in [3.63, 3.8) is 0 Å². The minimum absolute atomic E-state index is 0.641. The molecular weight excluding hydrogens is 188 g/mol. The topological polar surface area (TPSA) is 15.7 Å². The fourth-order valence-corrected chi connectivity index (χ4v) is 3.11. The predicted octanol–water partition coefficient (Wildman–Crippen LogP) is 1.05. The summed E-state index contributed by atoms with van der Waals surface area (Å²) in [6.45, 7) is 10.7. The van der Waals surface area contributed by atoms with E-state index in [9.17, 15) is 0 Å². The molecule has 0 aromatic rings. The lowest BCUT2D eigenvalue weighted by molar-refractivity contribution is -0.0548. The van der Waals surface area contributed by atoms with Gasteiger partial charge in [0.05, 0.1) is 6.61 Å². The van der Waals surface area contributed by atoms with Gasteiger partial charge in [0.1, 0.15) is 0 Å². The minimum atomic E-state index is 0.641. The van der Waals surface area contributed by atoms with Crippen molar-refractivity contribution < 1.29 is 4.74 Å². The van der Waals surface area contributed by atoms with E-state index in [4.69, 9.17) is 4.74 Å². The van der Waals surface area contributed by atoms with E-state index in [1.807, 2.05) is 0 Å². The SMILES string of the molecule is CCN1CC2(CCCN(CCOC)C2)C1. The highest BCUT2D eigenvalue weighted by molar-refractivity contribution is 4.98. The van der Waals surface area contributed by atoms with Crippen LogP contribution in [0, 0.1) is 5.41 Å². The van der Waals surface area contributed by atoms with Gasteiger partial charge in [-0.05, 0) is 25.9 Å². The van der Waals surface area contributed by atoms with Crippen LogP contribution in [0.5, 0.6) is 0 Å². The standard InChI is InChI=1S/C12H24N2O/c1-3-13-9-12(10-13)5-4-6-14(11-12)7-8-15-2/h3-11H2,1-2H3.